The number of hydrogen-bond donors (Lipinski definition) is 0. The van der Waals surface area contributed by atoms with Crippen LogP contribution >= 0.6 is 0 Å². The number of aryl methyl sites for hydroxylation is 1. The quantitative estimate of drug-likeness (QED) is 0.784. The van der Waals surface area contributed by atoms with Gasteiger partial charge in [0.2, 0.25) is 5.91 Å². The van der Waals surface area contributed by atoms with E-state index in [0.29, 0.717) is 19.8 Å². The molecule has 1 amide bonds. The van der Waals surface area contributed by atoms with Crippen molar-refractivity contribution in [3.8, 4) is 0 Å². The second-order valence-electron chi connectivity index (χ2n) is 6.92. The van der Waals surface area contributed by atoms with Gasteiger partial charge in [0.05, 0.1) is 19.8 Å². The summed E-state index contributed by atoms with van der Waals surface area (Å²) >= 11 is 0. The lowest BCUT2D eigenvalue weighted by Crippen LogP contribution is -2.44. The van der Waals surface area contributed by atoms with Crippen LogP contribution in [0.3, 0.4) is 0 Å². The van der Waals surface area contributed by atoms with Gasteiger partial charge in [-0.2, -0.15) is 0 Å². The average Bonchev–Trinajstić information content (AvgIpc) is 3.08. The highest BCUT2D eigenvalue weighted by molar-refractivity contribution is 5.77. The van der Waals surface area contributed by atoms with Crippen LogP contribution in [0.1, 0.15) is 19.2 Å². The first-order valence-electron chi connectivity index (χ1n) is 8.74. The molecule has 0 N–H and O–H groups in total. The normalized spacial score (nSPS) is 25.3. The molecule has 0 aliphatic carbocycles. The van der Waals surface area contributed by atoms with Gasteiger partial charge >= 0.3 is 0 Å². The van der Waals surface area contributed by atoms with E-state index in [-0.39, 0.29) is 17.9 Å². The Morgan fingerprint density at radius 3 is 3.04 bits per heavy atom. The van der Waals surface area contributed by atoms with Crippen LogP contribution in [0.15, 0.2) is 12.4 Å². The molecule has 134 valence electrons. The van der Waals surface area contributed by atoms with Gasteiger partial charge in [-0.15, -0.1) is 0 Å². The molecule has 1 atom stereocenters. The molecule has 0 saturated carbocycles. The van der Waals surface area contributed by atoms with Crippen molar-refractivity contribution in [1.29, 1.82) is 0 Å². The lowest BCUT2D eigenvalue weighted by Gasteiger charge is -2.32. The van der Waals surface area contributed by atoms with Crippen LogP contribution in [0.2, 0.25) is 0 Å². The smallest absolute Gasteiger partial charge is 0.248 e. The highest BCUT2D eigenvalue weighted by atomic mass is 16.5. The maximum Gasteiger partial charge on any atom is 0.248 e. The van der Waals surface area contributed by atoms with E-state index >= 15 is 0 Å². The third-order valence-corrected chi connectivity index (χ3v) is 5.03. The molecule has 1 aromatic heterocycles. The summed E-state index contributed by atoms with van der Waals surface area (Å²) < 4.78 is 13.2. The van der Waals surface area contributed by atoms with Gasteiger partial charge in [-0.25, -0.2) is 4.98 Å². The monoisotopic (exact) mass is 336 g/mol. The van der Waals surface area contributed by atoms with Gasteiger partial charge < -0.3 is 18.9 Å². The summed E-state index contributed by atoms with van der Waals surface area (Å²) in [6.07, 6.45) is 4.87. The van der Waals surface area contributed by atoms with Crippen molar-refractivity contribution >= 4 is 5.91 Å². The van der Waals surface area contributed by atoms with E-state index in [9.17, 15) is 4.79 Å². The average molecular weight is 336 g/mol. The van der Waals surface area contributed by atoms with Gasteiger partial charge in [-0.1, -0.05) is 0 Å². The maximum absolute atomic E-state index is 12.4. The van der Waals surface area contributed by atoms with Crippen LogP contribution in [0.5, 0.6) is 0 Å². The molecule has 2 aliphatic heterocycles. The predicted molar refractivity (Wildman–Crippen MR) is 89.4 cm³/mol. The van der Waals surface area contributed by atoms with Gasteiger partial charge in [0.15, 0.2) is 0 Å². The van der Waals surface area contributed by atoms with Crippen LogP contribution in [-0.4, -0.2) is 77.9 Å². The SMILES string of the molecule is CCOCC(=O)N1CCOC[C@@]2(CCN(Cc3nccn3C)C2)C1. The van der Waals surface area contributed by atoms with Gasteiger partial charge in [-0.3, -0.25) is 9.69 Å². The van der Waals surface area contributed by atoms with Crippen molar-refractivity contribution in [2.24, 2.45) is 12.5 Å². The molecule has 3 rings (SSSR count). The molecule has 7 heteroatoms. The Morgan fingerprint density at radius 1 is 1.42 bits per heavy atom. The summed E-state index contributed by atoms with van der Waals surface area (Å²) in [6, 6.07) is 0. The van der Waals surface area contributed by atoms with E-state index in [0.717, 1.165) is 45.0 Å². The molecule has 2 saturated heterocycles. The topological polar surface area (TPSA) is 59.8 Å². The fourth-order valence-electron chi connectivity index (χ4n) is 3.64. The van der Waals surface area contributed by atoms with E-state index in [1.165, 1.54) is 0 Å². The molecule has 24 heavy (non-hydrogen) atoms. The molecular weight excluding hydrogens is 308 g/mol. The first-order valence-corrected chi connectivity index (χ1v) is 8.74. The fraction of sp³-hybridized carbons (Fsp3) is 0.765. The number of imidazole rings is 1. The zero-order valence-corrected chi connectivity index (χ0v) is 14.7. The van der Waals surface area contributed by atoms with Gasteiger partial charge in [0, 0.05) is 51.1 Å². The number of carbonyl (C=O) groups excluding carboxylic acids is 1. The molecular formula is C17H28N4O3. The summed E-state index contributed by atoms with van der Waals surface area (Å²) in [5.41, 5.74) is 0.0313. The zero-order valence-electron chi connectivity index (χ0n) is 14.7. The molecule has 1 aromatic rings. The summed E-state index contributed by atoms with van der Waals surface area (Å²) in [4.78, 5) is 21.1. The molecule has 7 nitrogen and oxygen atoms in total. The minimum absolute atomic E-state index is 0.0313. The number of amides is 1. The summed E-state index contributed by atoms with van der Waals surface area (Å²) in [5, 5.41) is 0. The predicted octanol–water partition coefficient (Wildman–Crippen LogP) is 0.508. The first kappa shape index (κ1) is 17.4. The van der Waals surface area contributed by atoms with Crippen LogP contribution < -0.4 is 0 Å². The molecule has 0 aromatic carbocycles. The third-order valence-electron chi connectivity index (χ3n) is 5.03. The van der Waals surface area contributed by atoms with Crippen LogP contribution in [0, 0.1) is 5.41 Å². The van der Waals surface area contributed by atoms with Gasteiger partial charge in [-0.05, 0) is 19.9 Å². The van der Waals surface area contributed by atoms with Gasteiger partial charge in [0.1, 0.15) is 12.4 Å². The summed E-state index contributed by atoms with van der Waals surface area (Å²) in [5.74, 6) is 1.15. The lowest BCUT2D eigenvalue weighted by atomic mass is 9.87. The highest BCUT2D eigenvalue weighted by Crippen LogP contribution is 2.34. The Bertz CT molecular complexity index is 562. The van der Waals surface area contributed by atoms with E-state index in [1.807, 2.05) is 31.3 Å². The van der Waals surface area contributed by atoms with Crippen molar-refractivity contribution in [2.75, 3.05) is 52.6 Å². The van der Waals surface area contributed by atoms with Crippen molar-refractivity contribution < 1.29 is 14.3 Å². The Kier molecular flexibility index (Phi) is 5.53. The zero-order chi connectivity index (χ0) is 17.0. The summed E-state index contributed by atoms with van der Waals surface area (Å²) in [6.45, 7) is 8.21. The lowest BCUT2D eigenvalue weighted by molar-refractivity contribution is -0.137. The van der Waals surface area contributed by atoms with Crippen molar-refractivity contribution in [2.45, 2.75) is 19.9 Å². The van der Waals surface area contributed by atoms with Crippen molar-refractivity contribution in [3.05, 3.63) is 18.2 Å². The Morgan fingerprint density at radius 2 is 2.29 bits per heavy atom. The van der Waals surface area contributed by atoms with Crippen LogP contribution in [0.4, 0.5) is 0 Å². The second kappa shape index (κ2) is 7.63. The van der Waals surface area contributed by atoms with Crippen molar-refractivity contribution in [3.63, 3.8) is 0 Å². The second-order valence-corrected chi connectivity index (χ2v) is 6.92. The molecule has 0 unspecified atom stereocenters. The van der Waals surface area contributed by atoms with E-state index in [1.54, 1.807) is 0 Å². The van der Waals surface area contributed by atoms with Crippen molar-refractivity contribution in [1.82, 2.24) is 19.4 Å². The molecule has 1 spiro atoms. The first-order chi connectivity index (χ1) is 11.6. The van der Waals surface area contributed by atoms with Gasteiger partial charge in [0.25, 0.3) is 0 Å². The number of likely N-dealkylation sites (tertiary alicyclic amines) is 1. The Labute approximate surface area is 143 Å². The van der Waals surface area contributed by atoms with E-state index in [4.69, 9.17) is 9.47 Å². The van der Waals surface area contributed by atoms with Crippen LogP contribution in [0.25, 0.3) is 0 Å². The Balaban J connectivity index is 1.61. The fourth-order valence-corrected chi connectivity index (χ4v) is 3.64. The number of hydrogen-bond acceptors (Lipinski definition) is 5. The maximum atomic E-state index is 12.4. The van der Waals surface area contributed by atoms with E-state index in [2.05, 4.69) is 14.5 Å². The minimum atomic E-state index is 0.0313. The molecule has 0 bridgehead atoms. The third kappa shape index (κ3) is 3.96. The van der Waals surface area contributed by atoms with E-state index < -0.39 is 0 Å². The summed E-state index contributed by atoms with van der Waals surface area (Å²) in [7, 11) is 2.02. The molecule has 2 aliphatic rings. The largest absolute Gasteiger partial charge is 0.379 e. The molecule has 2 fully saturated rings. The number of carbonyl (C=O) groups is 1. The number of aromatic nitrogens is 2. The molecule has 3 heterocycles. The molecule has 0 radical (unpaired) electrons. The highest BCUT2D eigenvalue weighted by Gasteiger charge is 2.42. The van der Waals surface area contributed by atoms with Crippen LogP contribution in [-0.2, 0) is 27.9 Å². The standard InChI is InChI=1S/C17H28N4O3/c1-3-23-11-16(22)21-8-9-24-14-17(13-21)4-6-20(12-17)10-15-18-5-7-19(15)2/h5,7H,3-4,6,8-14H2,1-2H3/t17-/m1/s1. The number of rotatable bonds is 5. The Hall–Kier alpha value is -1.44. The number of nitrogens with zero attached hydrogens (tertiary/aromatic N) is 4. The minimum Gasteiger partial charge on any atom is -0.379 e. The number of ether oxygens (including phenoxy) is 2.